The van der Waals surface area contributed by atoms with Gasteiger partial charge in [-0.1, -0.05) is 24.3 Å². The summed E-state index contributed by atoms with van der Waals surface area (Å²) >= 11 is 0. The highest BCUT2D eigenvalue weighted by molar-refractivity contribution is 6.11. The molecule has 33 heavy (non-hydrogen) atoms. The van der Waals surface area contributed by atoms with Crippen LogP contribution in [-0.2, 0) is 0 Å². The summed E-state index contributed by atoms with van der Waals surface area (Å²) in [6, 6.07) is 14.9. The number of anilines is 2. The SMILES string of the molecule is CC(C)N(CCNc1cccc2c1oc1c(NCCN(C(C)C)C(C)C)cccc12)C(C)C. The van der Waals surface area contributed by atoms with Crippen molar-refractivity contribution in [3.63, 3.8) is 0 Å². The molecule has 0 saturated heterocycles. The van der Waals surface area contributed by atoms with Gasteiger partial charge in [0.1, 0.15) is 0 Å². The van der Waals surface area contributed by atoms with Crippen LogP contribution in [0.25, 0.3) is 21.9 Å². The number of para-hydroxylation sites is 2. The van der Waals surface area contributed by atoms with E-state index in [0.29, 0.717) is 24.2 Å². The minimum atomic E-state index is 0.532. The molecule has 5 heteroatoms. The molecular weight excluding hydrogens is 408 g/mol. The predicted molar refractivity (Wildman–Crippen MR) is 145 cm³/mol. The highest BCUT2D eigenvalue weighted by atomic mass is 16.3. The van der Waals surface area contributed by atoms with Crippen molar-refractivity contribution in [3.05, 3.63) is 36.4 Å². The summed E-state index contributed by atoms with van der Waals surface area (Å²) in [7, 11) is 0. The Hall–Kier alpha value is -2.24. The maximum absolute atomic E-state index is 6.47. The van der Waals surface area contributed by atoms with Gasteiger partial charge in [0.25, 0.3) is 0 Å². The molecule has 0 aliphatic carbocycles. The Balaban J connectivity index is 1.78. The van der Waals surface area contributed by atoms with Crippen LogP contribution in [-0.4, -0.2) is 60.1 Å². The molecular formula is C28H44N4O. The largest absolute Gasteiger partial charge is 0.452 e. The topological polar surface area (TPSA) is 43.7 Å². The molecule has 0 aliphatic rings. The van der Waals surface area contributed by atoms with E-state index in [1.54, 1.807) is 0 Å². The standard InChI is InChI=1S/C28H44N4O/c1-19(2)31(20(3)4)17-15-29-25-13-9-11-23-24-12-10-14-26(28(24)33-27(23)25)30-16-18-32(21(5)6)22(7)8/h9-14,19-22,29-30H,15-18H2,1-8H3. The molecule has 0 spiro atoms. The molecule has 0 fully saturated rings. The third-order valence-electron chi connectivity index (χ3n) is 6.55. The zero-order valence-electron chi connectivity index (χ0n) is 21.9. The average molecular weight is 453 g/mol. The van der Waals surface area contributed by atoms with E-state index in [4.69, 9.17) is 4.42 Å². The third-order valence-corrected chi connectivity index (χ3v) is 6.55. The zero-order chi connectivity index (χ0) is 24.1. The molecule has 0 atom stereocenters. The lowest BCUT2D eigenvalue weighted by Gasteiger charge is -2.30. The van der Waals surface area contributed by atoms with Crippen LogP contribution in [0.4, 0.5) is 11.4 Å². The van der Waals surface area contributed by atoms with Crippen molar-refractivity contribution in [2.75, 3.05) is 36.8 Å². The molecule has 182 valence electrons. The van der Waals surface area contributed by atoms with Crippen LogP contribution in [0.2, 0.25) is 0 Å². The van der Waals surface area contributed by atoms with Gasteiger partial charge in [-0.25, -0.2) is 0 Å². The monoisotopic (exact) mass is 452 g/mol. The molecule has 0 amide bonds. The molecule has 1 heterocycles. The van der Waals surface area contributed by atoms with Crippen LogP contribution in [0.1, 0.15) is 55.4 Å². The summed E-state index contributed by atoms with van der Waals surface area (Å²) in [6.07, 6.45) is 0. The minimum absolute atomic E-state index is 0.532. The number of fused-ring (bicyclic) bond motifs is 3. The molecule has 0 radical (unpaired) electrons. The van der Waals surface area contributed by atoms with Crippen molar-refractivity contribution < 1.29 is 4.42 Å². The second-order valence-corrected chi connectivity index (χ2v) is 10.2. The maximum Gasteiger partial charge on any atom is 0.158 e. The molecule has 0 unspecified atom stereocenters. The van der Waals surface area contributed by atoms with Gasteiger partial charge in [-0.2, -0.15) is 0 Å². The number of nitrogens with zero attached hydrogens (tertiary/aromatic N) is 2. The van der Waals surface area contributed by atoms with Gasteiger partial charge in [0.15, 0.2) is 11.2 Å². The Labute approximate surface area is 200 Å². The van der Waals surface area contributed by atoms with Gasteiger partial charge in [0.2, 0.25) is 0 Å². The van der Waals surface area contributed by atoms with Crippen LogP contribution < -0.4 is 10.6 Å². The smallest absolute Gasteiger partial charge is 0.158 e. The lowest BCUT2D eigenvalue weighted by atomic mass is 10.1. The summed E-state index contributed by atoms with van der Waals surface area (Å²) in [4.78, 5) is 5.01. The fourth-order valence-corrected chi connectivity index (χ4v) is 4.96. The predicted octanol–water partition coefficient (Wildman–Crippen LogP) is 6.65. The third kappa shape index (κ3) is 6.01. The number of furan rings is 1. The minimum Gasteiger partial charge on any atom is -0.452 e. The highest BCUT2D eigenvalue weighted by Crippen LogP contribution is 2.36. The molecule has 3 rings (SSSR count). The molecule has 1 aromatic heterocycles. The lowest BCUT2D eigenvalue weighted by molar-refractivity contribution is 0.182. The van der Waals surface area contributed by atoms with E-state index in [2.05, 4.69) is 112 Å². The Morgan fingerprint density at radius 2 is 0.970 bits per heavy atom. The van der Waals surface area contributed by atoms with Gasteiger partial charge in [0, 0.05) is 61.1 Å². The number of nitrogens with one attached hydrogen (secondary N) is 2. The summed E-state index contributed by atoms with van der Waals surface area (Å²) in [6.45, 7) is 21.9. The molecule has 0 aliphatic heterocycles. The molecule has 5 nitrogen and oxygen atoms in total. The van der Waals surface area contributed by atoms with E-state index >= 15 is 0 Å². The van der Waals surface area contributed by atoms with Crippen LogP contribution in [0.3, 0.4) is 0 Å². The summed E-state index contributed by atoms with van der Waals surface area (Å²) in [5.74, 6) is 0. The molecule has 0 saturated carbocycles. The first-order chi connectivity index (χ1) is 15.7. The van der Waals surface area contributed by atoms with E-state index in [1.807, 2.05) is 0 Å². The second kappa shape index (κ2) is 11.3. The fraction of sp³-hybridized carbons (Fsp3) is 0.571. The van der Waals surface area contributed by atoms with Gasteiger partial charge < -0.3 is 15.1 Å². The number of hydrogen-bond acceptors (Lipinski definition) is 5. The Bertz CT molecular complexity index is 925. The van der Waals surface area contributed by atoms with Gasteiger partial charge in [-0.3, -0.25) is 9.80 Å². The highest BCUT2D eigenvalue weighted by Gasteiger charge is 2.16. The first-order valence-electron chi connectivity index (χ1n) is 12.6. The zero-order valence-corrected chi connectivity index (χ0v) is 21.9. The second-order valence-electron chi connectivity index (χ2n) is 10.2. The summed E-state index contributed by atoms with van der Waals surface area (Å²) in [5, 5.41) is 9.58. The lowest BCUT2D eigenvalue weighted by Crippen LogP contribution is -2.40. The van der Waals surface area contributed by atoms with Crippen LogP contribution in [0.15, 0.2) is 40.8 Å². The van der Waals surface area contributed by atoms with Crippen LogP contribution >= 0.6 is 0 Å². The molecule has 2 aromatic carbocycles. The molecule has 2 N–H and O–H groups in total. The van der Waals surface area contributed by atoms with Crippen molar-refractivity contribution in [2.24, 2.45) is 0 Å². The van der Waals surface area contributed by atoms with Gasteiger partial charge in [0.05, 0.1) is 11.4 Å². The quantitative estimate of drug-likeness (QED) is 0.322. The summed E-state index contributed by atoms with van der Waals surface area (Å²) < 4.78 is 6.47. The summed E-state index contributed by atoms with van der Waals surface area (Å²) in [5.41, 5.74) is 4.00. The van der Waals surface area contributed by atoms with Crippen molar-refractivity contribution in [1.29, 1.82) is 0 Å². The van der Waals surface area contributed by atoms with Gasteiger partial charge in [-0.05, 0) is 67.5 Å². The molecule has 3 aromatic rings. The average Bonchev–Trinajstić information content (AvgIpc) is 3.13. The normalized spacial score (nSPS) is 12.5. The fourth-order valence-electron chi connectivity index (χ4n) is 4.96. The first kappa shape index (κ1) is 25.4. The first-order valence-corrected chi connectivity index (χ1v) is 12.6. The van der Waals surface area contributed by atoms with Crippen molar-refractivity contribution in [3.8, 4) is 0 Å². The van der Waals surface area contributed by atoms with Crippen LogP contribution in [0.5, 0.6) is 0 Å². The van der Waals surface area contributed by atoms with Gasteiger partial charge in [-0.15, -0.1) is 0 Å². The Kier molecular flexibility index (Phi) is 8.66. The van der Waals surface area contributed by atoms with E-state index in [1.165, 1.54) is 0 Å². The Morgan fingerprint density at radius 3 is 1.30 bits per heavy atom. The number of benzene rings is 2. The Morgan fingerprint density at radius 1 is 0.606 bits per heavy atom. The van der Waals surface area contributed by atoms with E-state index in [0.717, 1.165) is 59.5 Å². The van der Waals surface area contributed by atoms with E-state index in [-0.39, 0.29) is 0 Å². The molecule has 0 bridgehead atoms. The van der Waals surface area contributed by atoms with Crippen molar-refractivity contribution >= 4 is 33.3 Å². The van der Waals surface area contributed by atoms with Gasteiger partial charge >= 0.3 is 0 Å². The van der Waals surface area contributed by atoms with E-state index < -0.39 is 0 Å². The number of hydrogen-bond donors (Lipinski definition) is 2. The van der Waals surface area contributed by atoms with Crippen molar-refractivity contribution in [1.82, 2.24) is 9.80 Å². The van der Waals surface area contributed by atoms with Crippen LogP contribution in [0, 0.1) is 0 Å². The number of rotatable bonds is 12. The van der Waals surface area contributed by atoms with E-state index in [9.17, 15) is 0 Å². The van der Waals surface area contributed by atoms with Crippen molar-refractivity contribution in [2.45, 2.75) is 79.6 Å². The maximum atomic E-state index is 6.47.